The molecule has 3 aromatic rings. The smallest absolute Gasteiger partial charge is 0.410 e. The standard InChI is InChI=1S/C21H20Cl2N2O2/c1-13-2-4-14(5-3-13)20-19-16(8-10-25(20)21(26)27-11-9-22)17-12-15(23)6-7-18(17)24-19/h2-7,12,20,24H,8-11H2,1H3. The van der Waals surface area contributed by atoms with Gasteiger partial charge in [0.2, 0.25) is 0 Å². The summed E-state index contributed by atoms with van der Waals surface area (Å²) >= 11 is 11.9. The minimum Gasteiger partial charge on any atom is -0.448 e. The van der Waals surface area contributed by atoms with Gasteiger partial charge in [0.15, 0.2) is 0 Å². The summed E-state index contributed by atoms with van der Waals surface area (Å²) in [5, 5.41) is 1.82. The van der Waals surface area contributed by atoms with Gasteiger partial charge in [0.25, 0.3) is 0 Å². The molecule has 4 rings (SSSR count). The highest BCUT2D eigenvalue weighted by atomic mass is 35.5. The van der Waals surface area contributed by atoms with Gasteiger partial charge < -0.3 is 9.72 Å². The van der Waals surface area contributed by atoms with Crippen molar-refractivity contribution in [3.05, 3.63) is 69.9 Å². The van der Waals surface area contributed by atoms with Gasteiger partial charge in [-0.25, -0.2) is 4.79 Å². The first-order chi connectivity index (χ1) is 13.1. The van der Waals surface area contributed by atoms with Crippen LogP contribution in [-0.2, 0) is 11.2 Å². The fraction of sp³-hybridized carbons (Fsp3) is 0.286. The molecule has 140 valence electrons. The molecule has 1 amide bonds. The molecule has 0 aliphatic carbocycles. The molecule has 2 heterocycles. The molecule has 1 unspecified atom stereocenters. The molecule has 0 saturated heterocycles. The van der Waals surface area contributed by atoms with E-state index in [0.29, 0.717) is 11.6 Å². The zero-order valence-electron chi connectivity index (χ0n) is 15.0. The van der Waals surface area contributed by atoms with Crippen molar-refractivity contribution in [1.29, 1.82) is 0 Å². The predicted octanol–water partition coefficient (Wildman–Crippen LogP) is 5.45. The quantitative estimate of drug-likeness (QED) is 0.591. The molecule has 27 heavy (non-hydrogen) atoms. The van der Waals surface area contributed by atoms with E-state index in [4.69, 9.17) is 27.9 Å². The Balaban J connectivity index is 1.83. The van der Waals surface area contributed by atoms with Crippen molar-refractivity contribution in [2.24, 2.45) is 0 Å². The van der Waals surface area contributed by atoms with Crippen LogP contribution in [0.15, 0.2) is 42.5 Å². The maximum Gasteiger partial charge on any atom is 0.410 e. The summed E-state index contributed by atoms with van der Waals surface area (Å²) < 4.78 is 5.33. The van der Waals surface area contributed by atoms with Crippen LogP contribution in [0.3, 0.4) is 0 Å². The van der Waals surface area contributed by atoms with Crippen LogP contribution in [0.4, 0.5) is 4.79 Å². The molecule has 1 atom stereocenters. The molecule has 6 heteroatoms. The van der Waals surface area contributed by atoms with E-state index in [9.17, 15) is 4.79 Å². The number of aryl methyl sites for hydroxylation is 1. The van der Waals surface area contributed by atoms with Crippen molar-refractivity contribution >= 4 is 40.2 Å². The molecule has 2 aromatic carbocycles. The Bertz CT molecular complexity index is 982. The van der Waals surface area contributed by atoms with Crippen LogP contribution in [0.25, 0.3) is 10.9 Å². The lowest BCUT2D eigenvalue weighted by Gasteiger charge is -2.35. The van der Waals surface area contributed by atoms with Crippen molar-refractivity contribution < 1.29 is 9.53 Å². The third-order valence-electron chi connectivity index (χ3n) is 5.02. The van der Waals surface area contributed by atoms with Gasteiger partial charge in [-0.05, 0) is 42.7 Å². The molecule has 0 spiro atoms. The van der Waals surface area contributed by atoms with Crippen molar-refractivity contribution in [1.82, 2.24) is 9.88 Å². The first kappa shape index (κ1) is 18.2. The minimum atomic E-state index is -0.344. The van der Waals surface area contributed by atoms with Crippen LogP contribution < -0.4 is 0 Å². The molecule has 1 N–H and O–H groups in total. The second kappa shape index (κ2) is 7.45. The number of nitrogens with one attached hydrogen (secondary N) is 1. The molecule has 4 nitrogen and oxygen atoms in total. The fourth-order valence-electron chi connectivity index (χ4n) is 3.76. The van der Waals surface area contributed by atoms with Gasteiger partial charge in [0, 0.05) is 28.2 Å². The summed E-state index contributed by atoms with van der Waals surface area (Å²) in [4.78, 5) is 18.0. The Morgan fingerprint density at radius 2 is 2.04 bits per heavy atom. The van der Waals surface area contributed by atoms with Gasteiger partial charge in [0.1, 0.15) is 12.6 Å². The predicted molar refractivity (Wildman–Crippen MR) is 109 cm³/mol. The van der Waals surface area contributed by atoms with Crippen molar-refractivity contribution in [2.75, 3.05) is 19.0 Å². The summed E-state index contributed by atoms with van der Waals surface area (Å²) in [6, 6.07) is 13.9. The van der Waals surface area contributed by atoms with Crippen LogP contribution in [-0.4, -0.2) is 35.0 Å². The normalized spacial score (nSPS) is 16.4. The average molecular weight is 403 g/mol. The molecule has 0 fully saturated rings. The average Bonchev–Trinajstić information content (AvgIpc) is 3.04. The van der Waals surface area contributed by atoms with E-state index in [1.54, 1.807) is 4.90 Å². The maximum absolute atomic E-state index is 12.7. The molecule has 0 saturated carbocycles. The third-order valence-corrected chi connectivity index (χ3v) is 5.41. The number of hydrogen-bond donors (Lipinski definition) is 1. The lowest BCUT2D eigenvalue weighted by atomic mass is 9.92. The van der Waals surface area contributed by atoms with E-state index in [1.165, 1.54) is 11.1 Å². The molecule has 0 bridgehead atoms. The number of amides is 1. The SMILES string of the molecule is Cc1ccc(C2c3[nH]c4ccc(Cl)cc4c3CCN2C(=O)OCCCl)cc1. The minimum absolute atomic E-state index is 0.201. The van der Waals surface area contributed by atoms with E-state index in [-0.39, 0.29) is 24.6 Å². The number of carbonyl (C=O) groups excluding carboxylic acids is 1. The Labute approximate surface area is 168 Å². The van der Waals surface area contributed by atoms with Crippen molar-refractivity contribution in [3.63, 3.8) is 0 Å². The summed E-state index contributed by atoms with van der Waals surface area (Å²) in [5.41, 5.74) is 5.47. The number of carbonyl (C=O) groups is 1. The maximum atomic E-state index is 12.7. The monoisotopic (exact) mass is 402 g/mol. The Morgan fingerprint density at radius 3 is 2.78 bits per heavy atom. The van der Waals surface area contributed by atoms with Gasteiger partial charge in [-0.3, -0.25) is 4.90 Å². The summed E-state index contributed by atoms with van der Waals surface area (Å²) in [5.74, 6) is 0.283. The second-order valence-corrected chi connectivity index (χ2v) is 7.58. The molecular weight excluding hydrogens is 383 g/mol. The van der Waals surface area contributed by atoms with Gasteiger partial charge in [0.05, 0.1) is 5.88 Å². The Morgan fingerprint density at radius 1 is 1.26 bits per heavy atom. The number of hydrogen-bond acceptors (Lipinski definition) is 2. The van der Waals surface area contributed by atoms with Crippen LogP contribution in [0.1, 0.15) is 28.4 Å². The molecule has 1 aliphatic rings. The van der Waals surface area contributed by atoms with E-state index >= 15 is 0 Å². The summed E-state index contributed by atoms with van der Waals surface area (Å²) in [6.07, 6.45) is 0.400. The van der Waals surface area contributed by atoms with Gasteiger partial charge in [-0.2, -0.15) is 0 Å². The molecule has 1 aliphatic heterocycles. The molecule has 0 radical (unpaired) electrons. The first-order valence-electron chi connectivity index (χ1n) is 8.94. The lowest BCUT2D eigenvalue weighted by molar-refractivity contribution is 0.0938. The van der Waals surface area contributed by atoms with Crippen LogP contribution in [0.5, 0.6) is 0 Å². The number of rotatable bonds is 3. The van der Waals surface area contributed by atoms with E-state index in [0.717, 1.165) is 28.6 Å². The molecular formula is C21H20Cl2N2O2. The largest absolute Gasteiger partial charge is 0.448 e. The van der Waals surface area contributed by atoms with Gasteiger partial charge >= 0.3 is 6.09 Å². The first-order valence-corrected chi connectivity index (χ1v) is 9.85. The van der Waals surface area contributed by atoms with Crippen LogP contribution >= 0.6 is 23.2 Å². The van der Waals surface area contributed by atoms with Gasteiger partial charge in [-0.1, -0.05) is 41.4 Å². The number of ether oxygens (including phenoxy) is 1. The fourth-order valence-corrected chi connectivity index (χ4v) is 4.01. The zero-order chi connectivity index (χ0) is 19.0. The van der Waals surface area contributed by atoms with E-state index in [1.807, 2.05) is 25.1 Å². The number of H-pyrrole nitrogens is 1. The Kier molecular flexibility index (Phi) is 5.02. The molecule has 1 aromatic heterocycles. The van der Waals surface area contributed by atoms with Crippen molar-refractivity contribution in [2.45, 2.75) is 19.4 Å². The van der Waals surface area contributed by atoms with Crippen LogP contribution in [0.2, 0.25) is 5.02 Å². The summed E-state index contributed by atoms with van der Waals surface area (Å²) in [7, 11) is 0. The van der Waals surface area contributed by atoms with Crippen molar-refractivity contribution in [3.8, 4) is 0 Å². The Hall–Kier alpha value is -2.17. The van der Waals surface area contributed by atoms with Gasteiger partial charge in [-0.15, -0.1) is 11.6 Å². The number of aromatic nitrogens is 1. The third kappa shape index (κ3) is 3.40. The number of benzene rings is 2. The number of halogens is 2. The van der Waals surface area contributed by atoms with Crippen LogP contribution in [0, 0.1) is 6.92 Å². The zero-order valence-corrected chi connectivity index (χ0v) is 16.5. The number of alkyl halides is 1. The topological polar surface area (TPSA) is 45.3 Å². The van der Waals surface area contributed by atoms with E-state index < -0.39 is 0 Å². The highest BCUT2D eigenvalue weighted by Crippen LogP contribution is 2.39. The number of aromatic amines is 1. The second-order valence-electron chi connectivity index (χ2n) is 6.77. The highest BCUT2D eigenvalue weighted by molar-refractivity contribution is 6.31. The summed E-state index contributed by atoms with van der Waals surface area (Å²) in [6.45, 7) is 2.83. The number of nitrogens with zero attached hydrogens (tertiary/aromatic N) is 1. The highest BCUT2D eigenvalue weighted by Gasteiger charge is 2.35. The van der Waals surface area contributed by atoms with E-state index in [2.05, 4.69) is 29.2 Å². The number of fused-ring (bicyclic) bond motifs is 3. The lowest BCUT2D eigenvalue weighted by Crippen LogP contribution is -2.41.